The van der Waals surface area contributed by atoms with Gasteiger partial charge in [-0.05, 0) is 75.5 Å². The Kier molecular flexibility index (Phi) is 31.8. The highest BCUT2D eigenvalue weighted by atomic mass is 16.5. The lowest BCUT2D eigenvalue weighted by atomic mass is 9.94. The van der Waals surface area contributed by atoms with Crippen LogP contribution in [-0.2, 0) is 28.6 Å². The number of hydrogen-bond acceptors (Lipinski definition) is 6. The SMILES string of the molecule is CCCCC(CC)CCC(=O)OCCCCCCC(CCCCCCOC(=O)CCC(CC)CCCC)OC(=O)CCCCC(C)C. The molecule has 0 aliphatic rings. The molecule has 0 saturated heterocycles. The van der Waals surface area contributed by atoms with Gasteiger partial charge in [0, 0.05) is 19.3 Å². The molecule has 0 spiro atoms. The predicted molar refractivity (Wildman–Crippen MR) is 196 cm³/mol. The zero-order valence-corrected chi connectivity index (χ0v) is 32.1. The molecule has 2 unspecified atom stereocenters. The molecular weight excluding hydrogens is 588 g/mol. The third-order valence-electron chi connectivity index (χ3n) is 9.68. The molecule has 0 N–H and O–H groups in total. The highest BCUT2D eigenvalue weighted by molar-refractivity contribution is 5.70. The maximum absolute atomic E-state index is 12.6. The first-order valence-electron chi connectivity index (χ1n) is 20.3. The summed E-state index contributed by atoms with van der Waals surface area (Å²) in [5.41, 5.74) is 0. The summed E-state index contributed by atoms with van der Waals surface area (Å²) in [7, 11) is 0. The fourth-order valence-corrected chi connectivity index (χ4v) is 6.24. The van der Waals surface area contributed by atoms with Gasteiger partial charge < -0.3 is 14.2 Å². The van der Waals surface area contributed by atoms with Crippen molar-refractivity contribution in [2.45, 2.75) is 215 Å². The van der Waals surface area contributed by atoms with E-state index < -0.39 is 0 Å². The van der Waals surface area contributed by atoms with Crippen LogP contribution in [0.25, 0.3) is 0 Å². The molecule has 6 nitrogen and oxygen atoms in total. The van der Waals surface area contributed by atoms with Gasteiger partial charge in [0.05, 0.1) is 13.2 Å². The number of unbranched alkanes of at least 4 members (excludes halogenated alkanes) is 9. The summed E-state index contributed by atoms with van der Waals surface area (Å²) >= 11 is 0. The molecule has 0 saturated carbocycles. The number of hydrogen-bond donors (Lipinski definition) is 0. The maximum atomic E-state index is 12.6. The highest BCUT2D eigenvalue weighted by Crippen LogP contribution is 2.21. The van der Waals surface area contributed by atoms with E-state index in [4.69, 9.17) is 14.2 Å². The quantitative estimate of drug-likeness (QED) is 0.0386. The van der Waals surface area contributed by atoms with Crippen LogP contribution >= 0.6 is 0 Å². The molecule has 0 aromatic rings. The lowest BCUT2D eigenvalue weighted by Crippen LogP contribution is -2.18. The Morgan fingerprint density at radius 2 is 0.894 bits per heavy atom. The third-order valence-corrected chi connectivity index (χ3v) is 9.68. The van der Waals surface area contributed by atoms with Gasteiger partial charge in [-0.15, -0.1) is 0 Å². The van der Waals surface area contributed by atoms with Gasteiger partial charge in [-0.2, -0.15) is 0 Å². The molecule has 0 fully saturated rings. The molecule has 0 amide bonds. The molecule has 0 bridgehead atoms. The van der Waals surface area contributed by atoms with Crippen LogP contribution in [0, 0.1) is 17.8 Å². The molecular formula is C41H78O6. The van der Waals surface area contributed by atoms with Crippen LogP contribution in [0.2, 0.25) is 0 Å². The average Bonchev–Trinajstić information content (AvgIpc) is 3.05. The Morgan fingerprint density at radius 1 is 0.447 bits per heavy atom. The van der Waals surface area contributed by atoms with E-state index in [2.05, 4.69) is 41.5 Å². The van der Waals surface area contributed by atoms with Crippen LogP contribution in [0.1, 0.15) is 208 Å². The highest BCUT2D eigenvalue weighted by Gasteiger charge is 2.15. The largest absolute Gasteiger partial charge is 0.466 e. The number of ether oxygens (including phenoxy) is 3. The summed E-state index contributed by atoms with van der Waals surface area (Å²) in [6.07, 6.45) is 25.9. The Hall–Kier alpha value is -1.59. The Morgan fingerprint density at radius 3 is 1.32 bits per heavy atom. The van der Waals surface area contributed by atoms with Crippen LogP contribution in [0.5, 0.6) is 0 Å². The molecule has 0 aliphatic carbocycles. The Labute approximate surface area is 291 Å². The van der Waals surface area contributed by atoms with E-state index in [1.807, 2.05) is 0 Å². The lowest BCUT2D eigenvalue weighted by Gasteiger charge is -2.18. The summed E-state index contributed by atoms with van der Waals surface area (Å²) in [6.45, 7) is 14.3. The Bertz CT molecular complexity index is 689. The van der Waals surface area contributed by atoms with Gasteiger partial charge in [-0.3, -0.25) is 14.4 Å². The van der Waals surface area contributed by atoms with Crippen molar-refractivity contribution in [1.82, 2.24) is 0 Å². The summed E-state index contributed by atoms with van der Waals surface area (Å²) in [6, 6.07) is 0. The van der Waals surface area contributed by atoms with Crippen LogP contribution < -0.4 is 0 Å². The van der Waals surface area contributed by atoms with Crippen LogP contribution in [-0.4, -0.2) is 37.2 Å². The minimum atomic E-state index is -0.0578. The van der Waals surface area contributed by atoms with E-state index in [1.54, 1.807) is 0 Å². The van der Waals surface area contributed by atoms with E-state index >= 15 is 0 Å². The van der Waals surface area contributed by atoms with Crippen molar-refractivity contribution < 1.29 is 28.6 Å². The molecule has 47 heavy (non-hydrogen) atoms. The molecule has 0 aromatic heterocycles. The average molecular weight is 667 g/mol. The number of esters is 3. The van der Waals surface area contributed by atoms with Crippen LogP contribution in [0.15, 0.2) is 0 Å². The Balaban J connectivity index is 4.29. The summed E-state index contributed by atoms with van der Waals surface area (Å²) < 4.78 is 16.9. The first-order valence-corrected chi connectivity index (χ1v) is 20.3. The van der Waals surface area contributed by atoms with E-state index in [0.717, 1.165) is 109 Å². The van der Waals surface area contributed by atoms with Crippen molar-refractivity contribution in [3.63, 3.8) is 0 Å². The summed E-state index contributed by atoms with van der Waals surface area (Å²) in [4.78, 5) is 36.9. The van der Waals surface area contributed by atoms with Gasteiger partial charge in [0.25, 0.3) is 0 Å². The minimum Gasteiger partial charge on any atom is -0.466 e. The number of carbonyl (C=O) groups excluding carboxylic acids is 3. The normalized spacial score (nSPS) is 13.3. The lowest BCUT2D eigenvalue weighted by molar-refractivity contribution is -0.150. The second-order valence-corrected chi connectivity index (χ2v) is 14.5. The standard InChI is InChI=1S/C41H78O6/c1-7-11-24-36(9-3)29-31-39(42)45-33-21-15-13-17-26-38(47-41(44)28-20-19-23-35(5)6)27-18-14-16-22-34-46-40(43)32-30-37(10-4)25-12-8-2/h35-38H,7-34H2,1-6H3. The molecule has 0 heterocycles. The van der Waals surface area contributed by atoms with Gasteiger partial charge >= 0.3 is 17.9 Å². The zero-order chi connectivity index (χ0) is 35.0. The third kappa shape index (κ3) is 30.2. The van der Waals surface area contributed by atoms with E-state index in [-0.39, 0.29) is 24.0 Å². The van der Waals surface area contributed by atoms with E-state index in [9.17, 15) is 14.4 Å². The van der Waals surface area contributed by atoms with Gasteiger partial charge in [0.2, 0.25) is 0 Å². The molecule has 0 rings (SSSR count). The van der Waals surface area contributed by atoms with Crippen LogP contribution in [0.4, 0.5) is 0 Å². The van der Waals surface area contributed by atoms with Crippen molar-refractivity contribution in [3.05, 3.63) is 0 Å². The second kappa shape index (κ2) is 32.9. The molecule has 0 aliphatic heterocycles. The fourth-order valence-electron chi connectivity index (χ4n) is 6.24. The molecule has 0 aromatic carbocycles. The summed E-state index contributed by atoms with van der Waals surface area (Å²) in [5.74, 6) is 1.77. The zero-order valence-electron chi connectivity index (χ0n) is 32.1. The van der Waals surface area contributed by atoms with Gasteiger partial charge in [0.15, 0.2) is 0 Å². The van der Waals surface area contributed by atoms with Gasteiger partial charge in [-0.25, -0.2) is 0 Å². The van der Waals surface area contributed by atoms with Crippen molar-refractivity contribution in [2.75, 3.05) is 13.2 Å². The monoisotopic (exact) mass is 667 g/mol. The van der Waals surface area contributed by atoms with Crippen molar-refractivity contribution in [3.8, 4) is 0 Å². The van der Waals surface area contributed by atoms with Gasteiger partial charge in [-0.1, -0.05) is 131 Å². The first kappa shape index (κ1) is 45.4. The second-order valence-electron chi connectivity index (χ2n) is 14.5. The maximum Gasteiger partial charge on any atom is 0.306 e. The molecule has 6 heteroatoms. The van der Waals surface area contributed by atoms with Crippen molar-refractivity contribution in [2.24, 2.45) is 17.8 Å². The van der Waals surface area contributed by atoms with E-state index in [1.165, 1.54) is 38.5 Å². The molecule has 2 atom stereocenters. The molecule has 278 valence electrons. The van der Waals surface area contributed by atoms with Crippen molar-refractivity contribution >= 4 is 17.9 Å². The topological polar surface area (TPSA) is 78.9 Å². The van der Waals surface area contributed by atoms with Crippen LogP contribution in [0.3, 0.4) is 0 Å². The van der Waals surface area contributed by atoms with Gasteiger partial charge in [0.1, 0.15) is 6.10 Å². The molecule has 0 radical (unpaired) electrons. The fraction of sp³-hybridized carbons (Fsp3) is 0.927. The van der Waals surface area contributed by atoms with Crippen molar-refractivity contribution in [1.29, 1.82) is 0 Å². The first-order chi connectivity index (χ1) is 22.7. The number of rotatable bonds is 34. The smallest absolute Gasteiger partial charge is 0.306 e. The summed E-state index contributed by atoms with van der Waals surface area (Å²) in [5, 5.41) is 0. The minimum absolute atomic E-state index is 0.0262. The van der Waals surface area contributed by atoms with E-state index in [0.29, 0.717) is 50.2 Å². The number of carbonyl (C=O) groups is 3. The predicted octanol–water partition coefficient (Wildman–Crippen LogP) is 12.1.